The number of carboxylic acids is 1. The van der Waals surface area contributed by atoms with Crippen molar-refractivity contribution in [2.45, 2.75) is 94.9 Å². The summed E-state index contributed by atoms with van der Waals surface area (Å²) in [6, 6.07) is 11.0. The molecule has 0 aromatic heterocycles. The molecule has 1 aromatic carbocycles. The summed E-state index contributed by atoms with van der Waals surface area (Å²) in [4.78, 5) is 21.7. The van der Waals surface area contributed by atoms with Crippen LogP contribution in [-0.2, 0) is 16.0 Å². The summed E-state index contributed by atoms with van der Waals surface area (Å²) >= 11 is 0.864. The zero-order valence-corrected chi connectivity index (χ0v) is 17.9. The van der Waals surface area contributed by atoms with Crippen molar-refractivity contribution in [1.29, 1.82) is 0 Å². The van der Waals surface area contributed by atoms with Crippen molar-refractivity contribution in [3.63, 3.8) is 0 Å². The van der Waals surface area contributed by atoms with E-state index in [4.69, 9.17) is 5.11 Å². The minimum absolute atomic E-state index is 0.168. The highest BCUT2D eigenvalue weighted by atomic mass is 32.2. The summed E-state index contributed by atoms with van der Waals surface area (Å²) in [7, 11) is 0. The smallest absolute Gasteiger partial charge is 0.317 e. The van der Waals surface area contributed by atoms with Crippen LogP contribution in [0.2, 0.25) is 0 Å². The van der Waals surface area contributed by atoms with Crippen LogP contribution in [0.25, 0.3) is 0 Å². The second-order valence-corrected chi connectivity index (χ2v) is 9.34. The zero-order chi connectivity index (χ0) is 20.2. The second kappa shape index (κ2) is 13.0. The van der Waals surface area contributed by atoms with Crippen LogP contribution >= 0.6 is 11.8 Å². The van der Waals surface area contributed by atoms with Crippen molar-refractivity contribution in [2.24, 2.45) is 0 Å². The molecule has 0 saturated heterocycles. The number of nitrogens with one attached hydrogen (secondary N) is 1. The minimum atomic E-state index is -0.945. The van der Waals surface area contributed by atoms with Crippen LogP contribution in [0.4, 0.5) is 0 Å². The fraction of sp³-hybridized carbons (Fsp3) is 0.652. The van der Waals surface area contributed by atoms with Crippen LogP contribution in [0.15, 0.2) is 30.3 Å². The lowest BCUT2D eigenvalue weighted by Gasteiger charge is -2.30. The first-order chi connectivity index (χ1) is 13.5. The predicted molar refractivity (Wildman–Crippen MR) is 117 cm³/mol. The van der Waals surface area contributed by atoms with E-state index in [1.165, 1.54) is 71.1 Å². The molecule has 0 amide bonds. The largest absolute Gasteiger partial charge is 0.480 e. The fourth-order valence-electron chi connectivity index (χ4n) is 4.08. The van der Waals surface area contributed by atoms with Crippen LogP contribution in [0.1, 0.15) is 76.7 Å². The summed E-state index contributed by atoms with van der Waals surface area (Å²) in [5.74, 6) is -0.945. The third kappa shape index (κ3) is 9.24. The van der Waals surface area contributed by atoms with Gasteiger partial charge in [0.1, 0.15) is 5.25 Å². The Morgan fingerprint density at radius 2 is 1.46 bits per heavy atom. The Morgan fingerprint density at radius 1 is 0.964 bits per heavy atom. The van der Waals surface area contributed by atoms with Gasteiger partial charge in [0.15, 0.2) is 5.12 Å². The number of benzene rings is 1. The molecular weight excluding hydrogens is 370 g/mol. The van der Waals surface area contributed by atoms with E-state index >= 15 is 0 Å². The average molecular weight is 406 g/mol. The molecule has 0 aliphatic heterocycles. The van der Waals surface area contributed by atoms with E-state index in [9.17, 15) is 9.59 Å². The molecule has 2 aliphatic carbocycles. The third-order valence-corrected chi connectivity index (χ3v) is 6.51. The van der Waals surface area contributed by atoms with E-state index in [0.717, 1.165) is 29.4 Å². The predicted octanol–water partition coefficient (Wildman–Crippen LogP) is 5.20. The Morgan fingerprint density at radius 3 is 1.89 bits per heavy atom. The minimum Gasteiger partial charge on any atom is -0.480 e. The average Bonchev–Trinajstić information content (AvgIpc) is 2.70. The Kier molecular flexibility index (Phi) is 10.7. The molecule has 0 bridgehead atoms. The van der Waals surface area contributed by atoms with Gasteiger partial charge in [-0.05, 0) is 37.7 Å². The summed E-state index contributed by atoms with van der Waals surface area (Å²) in [5.41, 5.74) is 0.929. The van der Waals surface area contributed by atoms with Gasteiger partial charge in [-0.3, -0.25) is 9.59 Å². The van der Waals surface area contributed by atoms with Crippen LogP contribution < -0.4 is 5.32 Å². The van der Waals surface area contributed by atoms with Crippen molar-refractivity contribution in [1.82, 2.24) is 5.32 Å². The monoisotopic (exact) mass is 405 g/mol. The van der Waals surface area contributed by atoms with Gasteiger partial charge in [0.2, 0.25) is 0 Å². The molecule has 0 unspecified atom stereocenters. The van der Waals surface area contributed by atoms with E-state index in [1.807, 2.05) is 30.3 Å². The van der Waals surface area contributed by atoms with Crippen LogP contribution in [0.5, 0.6) is 0 Å². The number of carbonyl (C=O) groups excluding carboxylic acids is 1. The maximum absolute atomic E-state index is 10.9. The molecule has 2 aliphatic rings. The highest BCUT2D eigenvalue weighted by Gasteiger charge is 2.20. The molecular formula is C23H35NO3S. The van der Waals surface area contributed by atoms with Crippen molar-refractivity contribution in [2.75, 3.05) is 0 Å². The van der Waals surface area contributed by atoms with Gasteiger partial charge in [0.05, 0.1) is 0 Å². The number of thioether (sulfide) groups is 1. The van der Waals surface area contributed by atoms with Gasteiger partial charge in [-0.15, -0.1) is 0 Å². The van der Waals surface area contributed by atoms with E-state index in [1.54, 1.807) is 0 Å². The number of hydrogen-bond donors (Lipinski definition) is 2. The van der Waals surface area contributed by atoms with Gasteiger partial charge in [-0.2, -0.15) is 0 Å². The Labute approximate surface area is 173 Å². The van der Waals surface area contributed by atoms with Gasteiger partial charge >= 0.3 is 5.97 Å². The Hall–Kier alpha value is -1.33. The van der Waals surface area contributed by atoms with Crippen molar-refractivity contribution < 1.29 is 14.7 Å². The van der Waals surface area contributed by atoms with Crippen LogP contribution in [0, 0.1) is 0 Å². The zero-order valence-electron chi connectivity index (χ0n) is 17.1. The lowest BCUT2D eigenvalue weighted by molar-refractivity contribution is -0.136. The van der Waals surface area contributed by atoms with Crippen LogP contribution in [-0.4, -0.2) is 33.5 Å². The van der Waals surface area contributed by atoms with Gasteiger partial charge in [-0.25, -0.2) is 0 Å². The third-order valence-electron chi connectivity index (χ3n) is 5.53. The summed E-state index contributed by atoms with van der Waals surface area (Å²) < 4.78 is 0. The molecule has 0 spiro atoms. The highest BCUT2D eigenvalue weighted by molar-refractivity contribution is 8.14. The summed E-state index contributed by atoms with van der Waals surface area (Å²) in [5, 5.41) is 11.9. The van der Waals surface area contributed by atoms with E-state index in [-0.39, 0.29) is 5.12 Å². The molecule has 5 heteroatoms. The summed E-state index contributed by atoms with van der Waals surface area (Å²) in [6.07, 6.45) is 14.9. The molecule has 0 radical (unpaired) electrons. The molecule has 156 valence electrons. The molecule has 2 saturated carbocycles. The molecule has 2 fully saturated rings. The number of carboxylic acid groups (broad SMARTS) is 1. The number of hydrogen-bond acceptors (Lipinski definition) is 4. The first-order valence-electron chi connectivity index (χ1n) is 10.7. The molecule has 0 heterocycles. The Bertz CT molecular complexity index is 565. The molecule has 2 N–H and O–H groups in total. The number of carbonyl (C=O) groups is 2. The topological polar surface area (TPSA) is 66.4 Å². The van der Waals surface area contributed by atoms with Crippen molar-refractivity contribution >= 4 is 22.8 Å². The molecule has 1 aromatic rings. The number of rotatable bonds is 6. The van der Waals surface area contributed by atoms with E-state index in [2.05, 4.69) is 5.32 Å². The molecule has 3 rings (SSSR count). The SMILES string of the molecule is C1CCC(NC2CCCCC2)CC1.CC(=O)S[C@@H](Cc1ccccc1)C(=O)O. The van der Waals surface area contributed by atoms with Crippen LogP contribution in [0.3, 0.4) is 0 Å². The lowest BCUT2D eigenvalue weighted by Crippen LogP contribution is -2.40. The van der Waals surface area contributed by atoms with Gasteiger partial charge in [0.25, 0.3) is 0 Å². The van der Waals surface area contributed by atoms with Crippen molar-refractivity contribution in [3.05, 3.63) is 35.9 Å². The summed E-state index contributed by atoms with van der Waals surface area (Å²) in [6.45, 7) is 1.38. The maximum Gasteiger partial charge on any atom is 0.317 e. The first-order valence-corrected chi connectivity index (χ1v) is 11.6. The van der Waals surface area contributed by atoms with Gasteiger partial charge < -0.3 is 10.4 Å². The highest BCUT2D eigenvalue weighted by Crippen LogP contribution is 2.22. The normalized spacial score (nSPS) is 19.3. The number of aliphatic carboxylic acids is 1. The van der Waals surface area contributed by atoms with E-state index < -0.39 is 11.2 Å². The molecule has 4 nitrogen and oxygen atoms in total. The Balaban J connectivity index is 0.000000202. The van der Waals surface area contributed by atoms with Gasteiger partial charge in [-0.1, -0.05) is 80.6 Å². The maximum atomic E-state index is 10.9. The van der Waals surface area contributed by atoms with E-state index in [0.29, 0.717) is 6.42 Å². The van der Waals surface area contributed by atoms with Gasteiger partial charge in [0, 0.05) is 19.0 Å². The molecule has 1 atom stereocenters. The quantitative estimate of drug-likeness (QED) is 0.680. The second-order valence-electron chi connectivity index (χ2n) is 7.96. The lowest BCUT2D eigenvalue weighted by atomic mass is 9.91. The first kappa shape index (κ1) is 23.0. The molecule has 28 heavy (non-hydrogen) atoms. The standard InChI is InChI=1S/C12H23N.C11H12O3S/c1-3-7-11(8-4-1)13-12-9-5-2-6-10-12;1-8(12)15-10(11(13)14)7-9-5-3-2-4-6-9/h11-13H,1-10H2;2-6,10H,7H2,1H3,(H,13,14)/t;10-/m.0/s1. The fourth-order valence-corrected chi connectivity index (χ4v) is 4.86. The van der Waals surface area contributed by atoms with Crippen molar-refractivity contribution in [3.8, 4) is 0 Å².